The van der Waals surface area contributed by atoms with E-state index in [-0.39, 0.29) is 12.3 Å². The van der Waals surface area contributed by atoms with Crippen LogP contribution in [0, 0.1) is 0 Å². The lowest BCUT2D eigenvalue weighted by atomic mass is 10.00. The molecule has 0 spiro atoms. The molecule has 5 heteroatoms. The number of rotatable bonds is 7. The fourth-order valence-corrected chi connectivity index (χ4v) is 2.21. The predicted molar refractivity (Wildman–Crippen MR) is 83.8 cm³/mol. The third-order valence-corrected chi connectivity index (χ3v) is 3.30. The van der Waals surface area contributed by atoms with Gasteiger partial charge in [-0.15, -0.1) is 0 Å². The van der Waals surface area contributed by atoms with Gasteiger partial charge >= 0.3 is 5.97 Å². The normalized spacial score (nSPS) is 11.0. The maximum Gasteiger partial charge on any atom is 0.305 e. The molecule has 1 aromatic carbocycles. The van der Waals surface area contributed by atoms with Gasteiger partial charge in [0.15, 0.2) is 0 Å². The van der Waals surface area contributed by atoms with Gasteiger partial charge in [0.25, 0.3) is 5.91 Å². The molecule has 0 saturated heterocycles. The average Bonchev–Trinajstić information content (AvgIpc) is 2.38. The van der Waals surface area contributed by atoms with Crippen LogP contribution in [0.5, 0.6) is 0 Å². The number of hydrogen-bond donors (Lipinski definition) is 2. The van der Waals surface area contributed by atoms with Gasteiger partial charge in [-0.1, -0.05) is 0 Å². The standard InChI is InChI=1S/C16H24N2O3/c1-5-18(6-2)13-9-7-12(8-10-13)15(21)17-16(3,4)11-14(19)20/h7-10H,5-6,11H2,1-4H3,(H,17,21)(H,19,20). The molecule has 0 heterocycles. The molecule has 0 aliphatic rings. The molecule has 0 aromatic heterocycles. The minimum Gasteiger partial charge on any atom is -0.481 e. The molecule has 0 aliphatic heterocycles. The van der Waals surface area contributed by atoms with E-state index in [1.807, 2.05) is 12.1 Å². The van der Waals surface area contributed by atoms with Crippen LogP contribution >= 0.6 is 0 Å². The number of nitrogens with one attached hydrogen (secondary N) is 1. The van der Waals surface area contributed by atoms with Crippen molar-refractivity contribution >= 4 is 17.6 Å². The van der Waals surface area contributed by atoms with Gasteiger partial charge < -0.3 is 15.3 Å². The molecule has 0 bridgehead atoms. The minimum atomic E-state index is -0.933. The van der Waals surface area contributed by atoms with Crippen molar-refractivity contribution in [3.8, 4) is 0 Å². The van der Waals surface area contributed by atoms with E-state index < -0.39 is 11.5 Å². The molecule has 0 atom stereocenters. The number of hydrogen-bond acceptors (Lipinski definition) is 3. The minimum absolute atomic E-state index is 0.115. The fourth-order valence-electron chi connectivity index (χ4n) is 2.21. The van der Waals surface area contributed by atoms with E-state index in [1.165, 1.54) is 0 Å². The summed E-state index contributed by atoms with van der Waals surface area (Å²) in [6, 6.07) is 7.35. The summed E-state index contributed by atoms with van der Waals surface area (Å²) in [4.78, 5) is 25.1. The summed E-state index contributed by atoms with van der Waals surface area (Å²) < 4.78 is 0. The molecule has 5 nitrogen and oxygen atoms in total. The summed E-state index contributed by atoms with van der Waals surface area (Å²) in [6.07, 6.45) is -0.115. The highest BCUT2D eigenvalue weighted by Crippen LogP contribution is 2.16. The van der Waals surface area contributed by atoms with Crippen LogP contribution in [-0.2, 0) is 4.79 Å². The fraction of sp³-hybridized carbons (Fsp3) is 0.500. The van der Waals surface area contributed by atoms with Gasteiger partial charge in [-0.25, -0.2) is 0 Å². The summed E-state index contributed by atoms with van der Waals surface area (Å²) >= 11 is 0. The van der Waals surface area contributed by atoms with Crippen molar-refractivity contribution in [2.24, 2.45) is 0 Å². The van der Waals surface area contributed by atoms with Crippen LogP contribution in [0.2, 0.25) is 0 Å². The number of carbonyl (C=O) groups excluding carboxylic acids is 1. The van der Waals surface area contributed by atoms with Crippen molar-refractivity contribution < 1.29 is 14.7 Å². The Labute approximate surface area is 126 Å². The Morgan fingerprint density at radius 2 is 1.67 bits per heavy atom. The number of nitrogens with zero attached hydrogens (tertiary/aromatic N) is 1. The first kappa shape index (κ1) is 17.0. The number of amides is 1. The third-order valence-electron chi connectivity index (χ3n) is 3.30. The van der Waals surface area contributed by atoms with E-state index in [1.54, 1.807) is 26.0 Å². The summed E-state index contributed by atoms with van der Waals surface area (Å²) in [5.74, 6) is -1.19. The lowest BCUT2D eigenvalue weighted by molar-refractivity contribution is -0.138. The SMILES string of the molecule is CCN(CC)c1ccc(C(=O)NC(C)(C)CC(=O)O)cc1. The van der Waals surface area contributed by atoms with Gasteiger partial charge in [0.2, 0.25) is 0 Å². The summed E-state index contributed by atoms with van der Waals surface area (Å²) in [5, 5.41) is 11.6. The quantitative estimate of drug-likeness (QED) is 0.810. The summed E-state index contributed by atoms with van der Waals surface area (Å²) in [5.41, 5.74) is 0.825. The Kier molecular flexibility index (Phi) is 5.76. The lowest BCUT2D eigenvalue weighted by Crippen LogP contribution is -2.44. The maximum absolute atomic E-state index is 12.1. The number of anilines is 1. The second-order valence-electron chi connectivity index (χ2n) is 5.63. The molecule has 1 rings (SSSR count). The van der Waals surface area contributed by atoms with Gasteiger partial charge in [-0.3, -0.25) is 9.59 Å². The monoisotopic (exact) mass is 292 g/mol. The van der Waals surface area contributed by atoms with Crippen LogP contribution in [0.4, 0.5) is 5.69 Å². The van der Waals surface area contributed by atoms with Crippen LogP contribution in [-0.4, -0.2) is 35.6 Å². The first-order valence-electron chi connectivity index (χ1n) is 7.18. The van der Waals surface area contributed by atoms with Gasteiger partial charge in [0, 0.05) is 29.9 Å². The first-order valence-corrected chi connectivity index (χ1v) is 7.18. The van der Waals surface area contributed by atoms with Gasteiger partial charge in [-0.05, 0) is 52.0 Å². The van der Waals surface area contributed by atoms with Gasteiger partial charge in [-0.2, -0.15) is 0 Å². The highest BCUT2D eigenvalue weighted by Gasteiger charge is 2.24. The Morgan fingerprint density at radius 3 is 2.10 bits per heavy atom. The van der Waals surface area contributed by atoms with Crippen LogP contribution in [0.15, 0.2) is 24.3 Å². The number of carboxylic acid groups (broad SMARTS) is 1. The predicted octanol–water partition coefficient (Wildman–Crippen LogP) is 2.52. The second kappa shape index (κ2) is 7.11. The molecule has 0 aliphatic carbocycles. The van der Waals surface area contributed by atoms with E-state index in [0.717, 1.165) is 18.8 Å². The molecular weight excluding hydrogens is 268 g/mol. The van der Waals surface area contributed by atoms with Crippen molar-refractivity contribution in [2.75, 3.05) is 18.0 Å². The van der Waals surface area contributed by atoms with Crippen molar-refractivity contribution in [1.82, 2.24) is 5.32 Å². The lowest BCUT2D eigenvalue weighted by Gasteiger charge is -2.25. The second-order valence-corrected chi connectivity index (χ2v) is 5.63. The Hall–Kier alpha value is -2.04. The molecule has 0 fully saturated rings. The van der Waals surface area contributed by atoms with Crippen molar-refractivity contribution in [1.29, 1.82) is 0 Å². The van der Waals surface area contributed by atoms with Crippen molar-refractivity contribution in [2.45, 2.75) is 39.7 Å². The molecule has 0 saturated carbocycles. The van der Waals surface area contributed by atoms with Gasteiger partial charge in [0.1, 0.15) is 0 Å². The molecule has 1 aromatic rings. The summed E-state index contributed by atoms with van der Waals surface area (Å²) in [6.45, 7) is 9.38. The number of carboxylic acids is 1. The Bertz CT molecular complexity index is 491. The molecule has 116 valence electrons. The zero-order chi connectivity index (χ0) is 16.0. The molecule has 21 heavy (non-hydrogen) atoms. The first-order chi connectivity index (χ1) is 9.79. The van der Waals surface area contributed by atoms with E-state index in [9.17, 15) is 9.59 Å². The van der Waals surface area contributed by atoms with E-state index in [0.29, 0.717) is 5.56 Å². The van der Waals surface area contributed by atoms with Crippen LogP contribution in [0.1, 0.15) is 44.5 Å². The Balaban J connectivity index is 2.78. The van der Waals surface area contributed by atoms with Crippen LogP contribution < -0.4 is 10.2 Å². The van der Waals surface area contributed by atoms with E-state index in [4.69, 9.17) is 5.11 Å². The topological polar surface area (TPSA) is 69.6 Å². The smallest absolute Gasteiger partial charge is 0.305 e. The highest BCUT2D eigenvalue weighted by molar-refractivity contribution is 5.95. The maximum atomic E-state index is 12.1. The van der Waals surface area contributed by atoms with Crippen molar-refractivity contribution in [3.05, 3.63) is 29.8 Å². The Morgan fingerprint density at radius 1 is 1.14 bits per heavy atom. The summed E-state index contributed by atoms with van der Waals surface area (Å²) in [7, 11) is 0. The third kappa shape index (κ3) is 5.10. The molecule has 0 radical (unpaired) electrons. The van der Waals surface area contributed by atoms with E-state index >= 15 is 0 Å². The molecule has 0 unspecified atom stereocenters. The molecular formula is C16H24N2O3. The molecule has 1 amide bonds. The number of benzene rings is 1. The van der Waals surface area contributed by atoms with Crippen molar-refractivity contribution in [3.63, 3.8) is 0 Å². The average molecular weight is 292 g/mol. The van der Waals surface area contributed by atoms with E-state index in [2.05, 4.69) is 24.1 Å². The number of aliphatic carboxylic acids is 1. The largest absolute Gasteiger partial charge is 0.481 e. The molecule has 2 N–H and O–H groups in total. The zero-order valence-corrected chi connectivity index (χ0v) is 13.1. The van der Waals surface area contributed by atoms with Crippen LogP contribution in [0.25, 0.3) is 0 Å². The van der Waals surface area contributed by atoms with Crippen LogP contribution in [0.3, 0.4) is 0 Å². The zero-order valence-electron chi connectivity index (χ0n) is 13.1. The number of carbonyl (C=O) groups is 2. The highest BCUT2D eigenvalue weighted by atomic mass is 16.4. The van der Waals surface area contributed by atoms with Gasteiger partial charge in [0.05, 0.1) is 6.42 Å².